The van der Waals surface area contributed by atoms with E-state index >= 15 is 0 Å². The van der Waals surface area contributed by atoms with Crippen molar-refractivity contribution in [3.05, 3.63) is 68.2 Å². The number of fused-ring (bicyclic) bond motifs is 1. The monoisotopic (exact) mass is 412 g/mol. The first-order valence-electron chi connectivity index (χ1n) is 10.5. The molecule has 30 heavy (non-hydrogen) atoms. The minimum Gasteiger partial charge on any atom is -0.388 e. The van der Waals surface area contributed by atoms with Gasteiger partial charge in [0.1, 0.15) is 6.54 Å². The highest BCUT2D eigenvalue weighted by Gasteiger charge is 2.34. The minimum atomic E-state index is -0.834. The van der Waals surface area contributed by atoms with Gasteiger partial charge in [-0.25, -0.2) is 4.68 Å². The first-order chi connectivity index (χ1) is 14.4. The Bertz CT molecular complexity index is 1030. The molecule has 0 saturated carbocycles. The van der Waals surface area contributed by atoms with Crippen LogP contribution in [-0.2, 0) is 24.3 Å². The molecule has 0 bridgehead atoms. The molecule has 1 atom stereocenters. The van der Waals surface area contributed by atoms with Crippen molar-refractivity contribution in [1.29, 1.82) is 0 Å². The van der Waals surface area contributed by atoms with Crippen molar-refractivity contribution in [3.63, 3.8) is 0 Å². The fourth-order valence-corrected chi connectivity index (χ4v) is 4.51. The molecule has 2 aliphatic heterocycles. The Morgan fingerprint density at radius 3 is 2.67 bits per heavy atom. The highest BCUT2D eigenvalue weighted by atomic mass is 16.3. The maximum absolute atomic E-state index is 12.7. The molecule has 2 N–H and O–H groups in total. The van der Waals surface area contributed by atoms with Crippen LogP contribution in [0.3, 0.4) is 0 Å². The Kier molecular flexibility index (Phi) is 5.87. The number of hydrogen-bond acceptors (Lipinski definition) is 5. The summed E-state index contributed by atoms with van der Waals surface area (Å²) in [6.45, 7) is 3.13. The second kappa shape index (κ2) is 8.57. The average molecular weight is 412 g/mol. The maximum atomic E-state index is 12.7. The van der Waals surface area contributed by atoms with Crippen LogP contribution in [0.25, 0.3) is 0 Å². The van der Waals surface area contributed by atoms with Crippen molar-refractivity contribution in [3.8, 4) is 0 Å². The van der Waals surface area contributed by atoms with Crippen LogP contribution in [-0.4, -0.2) is 62.4 Å². The molecular weight excluding hydrogens is 384 g/mol. The van der Waals surface area contributed by atoms with Crippen LogP contribution >= 0.6 is 0 Å². The average Bonchev–Trinajstić information content (AvgIpc) is 2.92. The summed E-state index contributed by atoms with van der Waals surface area (Å²) >= 11 is 0. The minimum absolute atomic E-state index is 0.198. The van der Waals surface area contributed by atoms with Gasteiger partial charge in [0, 0.05) is 44.9 Å². The number of aromatic amines is 1. The Balaban J connectivity index is 1.36. The Morgan fingerprint density at radius 1 is 1.03 bits per heavy atom. The van der Waals surface area contributed by atoms with Gasteiger partial charge in [-0.05, 0) is 36.8 Å². The third-order valence-corrected chi connectivity index (χ3v) is 6.18. The van der Waals surface area contributed by atoms with E-state index in [9.17, 15) is 19.5 Å². The molecule has 0 aliphatic carbocycles. The third kappa shape index (κ3) is 4.71. The quantitative estimate of drug-likeness (QED) is 0.755. The van der Waals surface area contributed by atoms with E-state index in [-0.39, 0.29) is 12.5 Å². The lowest BCUT2D eigenvalue weighted by molar-refractivity contribution is -0.132. The lowest BCUT2D eigenvalue weighted by atomic mass is 9.92. The number of rotatable bonds is 4. The first kappa shape index (κ1) is 20.6. The van der Waals surface area contributed by atoms with Crippen LogP contribution in [0, 0.1) is 0 Å². The van der Waals surface area contributed by atoms with Gasteiger partial charge in [0.25, 0.3) is 11.1 Å². The lowest BCUT2D eigenvalue weighted by Gasteiger charge is -2.36. The van der Waals surface area contributed by atoms with Gasteiger partial charge in [-0.2, -0.15) is 0 Å². The molecule has 3 heterocycles. The van der Waals surface area contributed by atoms with E-state index < -0.39 is 16.7 Å². The Morgan fingerprint density at radius 2 is 1.83 bits per heavy atom. The van der Waals surface area contributed by atoms with Gasteiger partial charge in [-0.3, -0.25) is 24.4 Å². The summed E-state index contributed by atoms with van der Waals surface area (Å²) in [5, 5.41) is 13.6. The predicted molar refractivity (Wildman–Crippen MR) is 112 cm³/mol. The van der Waals surface area contributed by atoms with Gasteiger partial charge >= 0.3 is 0 Å². The fourth-order valence-electron chi connectivity index (χ4n) is 4.51. The van der Waals surface area contributed by atoms with Crippen LogP contribution in [0.5, 0.6) is 0 Å². The van der Waals surface area contributed by atoms with Crippen molar-refractivity contribution < 1.29 is 9.90 Å². The number of nitrogens with one attached hydrogen (secondary N) is 1. The number of aromatic nitrogens is 2. The molecule has 1 amide bonds. The fraction of sp³-hybridized carbons (Fsp3) is 0.500. The molecule has 0 radical (unpaired) electrons. The van der Waals surface area contributed by atoms with E-state index in [1.807, 2.05) is 0 Å². The van der Waals surface area contributed by atoms with Crippen molar-refractivity contribution in [1.82, 2.24) is 19.6 Å². The summed E-state index contributed by atoms with van der Waals surface area (Å²) in [6.07, 6.45) is 2.82. The molecular formula is C22H28N4O4. The van der Waals surface area contributed by atoms with Gasteiger partial charge in [0.2, 0.25) is 5.91 Å². The standard InChI is InChI=1S/C22H28N4O4/c27-19-6-7-20(28)26(23-19)15-21(29)25-11-3-9-22(30,10-13-25)16-24-12-8-17-4-1-2-5-18(17)14-24/h1-2,4-7,30H,3,8-16H2,(H,23,27). The Labute approximate surface area is 174 Å². The van der Waals surface area contributed by atoms with E-state index in [4.69, 9.17) is 0 Å². The Hall–Kier alpha value is -2.71. The van der Waals surface area contributed by atoms with Gasteiger partial charge in [-0.15, -0.1) is 0 Å². The van der Waals surface area contributed by atoms with Crippen LogP contribution in [0.2, 0.25) is 0 Å². The molecule has 4 rings (SSSR count). The smallest absolute Gasteiger partial charge is 0.265 e. The second-order valence-corrected chi connectivity index (χ2v) is 8.42. The lowest BCUT2D eigenvalue weighted by Crippen LogP contribution is -2.46. The SMILES string of the molecule is O=C(Cn1[nH]c(=O)ccc1=O)N1CCCC(O)(CN2CCc3ccccc3C2)CC1. The summed E-state index contributed by atoms with van der Waals surface area (Å²) in [7, 11) is 0. The van der Waals surface area contributed by atoms with Crippen LogP contribution in [0.1, 0.15) is 30.4 Å². The van der Waals surface area contributed by atoms with Crippen molar-refractivity contribution in [2.24, 2.45) is 0 Å². The number of H-pyrrole nitrogens is 1. The van der Waals surface area contributed by atoms with Crippen molar-refractivity contribution in [2.75, 3.05) is 26.2 Å². The summed E-state index contributed by atoms with van der Waals surface area (Å²) in [5.74, 6) is -0.227. The number of amides is 1. The number of carbonyl (C=O) groups is 1. The number of aliphatic hydroxyl groups is 1. The molecule has 1 aromatic carbocycles. The molecule has 2 aromatic rings. The largest absolute Gasteiger partial charge is 0.388 e. The first-order valence-corrected chi connectivity index (χ1v) is 10.5. The normalized spacial score (nSPS) is 22.4. The number of nitrogens with zero attached hydrogens (tertiary/aromatic N) is 3. The van der Waals surface area contributed by atoms with E-state index in [1.54, 1.807) is 4.90 Å². The molecule has 2 aliphatic rings. The zero-order chi connectivity index (χ0) is 21.1. The zero-order valence-corrected chi connectivity index (χ0v) is 17.0. The summed E-state index contributed by atoms with van der Waals surface area (Å²) in [4.78, 5) is 39.9. The molecule has 1 fully saturated rings. The highest BCUT2D eigenvalue weighted by Crippen LogP contribution is 2.27. The zero-order valence-electron chi connectivity index (χ0n) is 17.0. The summed E-state index contributed by atoms with van der Waals surface area (Å²) in [5.41, 5.74) is 1.03. The molecule has 1 saturated heterocycles. The number of benzene rings is 1. The van der Waals surface area contributed by atoms with Gasteiger partial charge in [0.05, 0.1) is 5.60 Å². The summed E-state index contributed by atoms with van der Waals surface area (Å²) in [6, 6.07) is 10.7. The van der Waals surface area contributed by atoms with Gasteiger partial charge in [-0.1, -0.05) is 24.3 Å². The highest BCUT2D eigenvalue weighted by molar-refractivity contribution is 5.75. The summed E-state index contributed by atoms with van der Waals surface area (Å²) < 4.78 is 1.03. The van der Waals surface area contributed by atoms with Crippen LogP contribution in [0.15, 0.2) is 46.0 Å². The van der Waals surface area contributed by atoms with E-state index in [0.717, 1.165) is 36.3 Å². The van der Waals surface area contributed by atoms with Crippen molar-refractivity contribution in [2.45, 2.75) is 44.4 Å². The molecule has 1 aromatic heterocycles. The molecule has 8 heteroatoms. The van der Waals surface area contributed by atoms with Crippen molar-refractivity contribution >= 4 is 5.91 Å². The number of likely N-dealkylation sites (tertiary alicyclic amines) is 1. The molecule has 160 valence electrons. The van der Waals surface area contributed by atoms with Gasteiger partial charge < -0.3 is 10.0 Å². The van der Waals surface area contributed by atoms with E-state index in [2.05, 4.69) is 34.3 Å². The predicted octanol–water partition coefficient (Wildman–Crippen LogP) is 0.339. The molecule has 8 nitrogen and oxygen atoms in total. The number of carbonyl (C=O) groups excluding carboxylic acids is 1. The number of β-amino-alcohol motifs (C(OH)–C–C–N with tert-alkyl or cyclic N) is 1. The molecule has 1 unspecified atom stereocenters. The van der Waals surface area contributed by atoms with Crippen LogP contribution < -0.4 is 11.1 Å². The maximum Gasteiger partial charge on any atom is 0.265 e. The van der Waals surface area contributed by atoms with E-state index in [1.165, 1.54) is 11.1 Å². The molecule has 0 spiro atoms. The van der Waals surface area contributed by atoms with Gasteiger partial charge in [0.15, 0.2) is 0 Å². The van der Waals surface area contributed by atoms with E-state index in [0.29, 0.717) is 38.9 Å². The second-order valence-electron chi connectivity index (χ2n) is 8.42. The van der Waals surface area contributed by atoms with Crippen LogP contribution in [0.4, 0.5) is 0 Å². The number of hydrogen-bond donors (Lipinski definition) is 2. The third-order valence-electron chi connectivity index (χ3n) is 6.18. The topological polar surface area (TPSA) is 98.6 Å².